The maximum absolute atomic E-state index is 12.4. The third-order valence-corrected chi connectivity index (χ3v) is 4.58. The molecule has 0 amide bonds. The molecule has 4 rings (SSSR count). The van der Waals surface area contributed by atoms with Crippen LogP contribution in [0.25, 0.3) is 11.1 Å². The second kappa shape index (κ2) is 6.48. The summed E-state index contributed by atoms with van der Waals surface area (Å²) in [7, 11) is 0. The number of esters is 1. The Balaban J connectivity index is 1.50. The Morgan fingerprint density at radius 2 is 1.62 bits per heavy atom. The van der Waals surface area contributed by atoms with Gasteiger partial charge in [-0.25, -0.2) is 4.79 Å². The molecule has 0 spiro atoms. The molecule has 4 nitrogen and oxygen atoms in total. The number of rotatable bonds is 4. The molecular weight excluding hydrogens is 328 g/mol. The third-order valence-electron chi connectivity index (χ3n) is 4.58. The lowest BCUT2D eigenvalue weighted by Gasteiger charge is -2.07. The van der Waals surface area contributed by atoms with Gasteiger partial charge in [0, 0.05) is 5.56 Å². The van der Waals surface area contributed by atoms with E-state index in [2.05, 4.69) is 6.07 Å². The van der Waals surface area contributed by atoms with Crippen LogP contribution in [0.3, 0.4) is 0 Å². The van der Waals surface area contributed by atoms with E-state index in [0.717, 1.165) is 17.5 Å². The molecule has 0 fully saturated rings. The van der Waals surface area contributed by atoms with E-state index in [1.54, 1.807) is 18.2 Å². The maximum Gasteiger partial charge on any atom is 0.342 e. The topological polar surface area (TPSA) is 63.6 Å². The van der Waals surface area contributed by atoms with Crippen LogP contribution in [-0.4, -0.2) is 23.5 Å². The zero-order valence-corrected chi connectivity index (χ0v) is 13.9. The molecule has 4 heteroatoms. The highest BCUT2D eigenvalue weighted by molar-refractivity contribution is 6.01. The Labute approximate surface area is 150 Å². The van der Waals surface area contributed by atoms with Gasteiger partial charge in [-0.15, -0.1) is 0 Å². The summed E-state index contributed by atoms with van der Waals surface area (Å²) in [6.07, 6.45) is 0.863. The van der Waals surface area contributed by atoms with E-state index >= 15 is 0 Å². The van der Waals surface area contributed by atoms with Crippen LogP contribution in [0, 0.1) is 0 Å². The fraction of sp³-hybridized carbons (Fsp3) is 0.0909. The van der Waals surface area contributed by atoms with Gasteiger partial charge in [-0.2, -0.15) is 0 Å². The standard InChI is InChI=1S/C22H16O4/c23-20-8-4-3-7-18(20)22(25)26-13-21(24)16-10-9-15-11-14-5-1-2-6-17(14)19(15)12-16/h1-10,12,23H,11,13H2. The summed E-state index contributed by atoms with van der Waals surface area (Å²) in [6.45, 7) is -0.367. The SMILES string of the molecule is O=C(COC(=O)c1ccccc1O)c1ccc2c(c1)-c1ccccc1C2. The molecule has 0 radical (unpaired) electrons. The Morgan fingerprint density at radius 3 is 2.46 bits per heavy atom. The number of Topliss-reactive ketones (excluding diaryl/α,β-unsaturated/α-hetero) is 1. The molecule has 0 saturated carbocycles. The molecule has 0 atom stereocenters. The summed E-state index contributed by atoms with van der Waals surface area (Å²) in [5, 5.41) is 9.68. The van der Waals surface area contributed by atoms with Crippen molar-refractivity contribution < 1.29 is 19.4 Å². The molecular formula is C22H16O4. The number of benzene rings is 3. The van der Waals surface area contributed by atoms with Crippen molar-refractivity contribution in [2.75, 3.05) is 6.61 Å². The number of para-hydroxylation sites is 1. The van der Waals surface area contributed by atoms with Crippen LogP contribution in [0.1, 0.15) is 31.8 Å². The number of hydrogen-bond acceptors (Lipinski definition) is 4. The predicted molar refractivity (Wildman–Crippen MR) is 97.4 cm³/mol. The number of fused-ring (bicyclic) bond motifs is 3. The lowest BCUT2D eigenvalue weighted by Crippen LogP contribution is -2.14. The minimum Gasteiger partial charge on any atom is -0.507 e. The zero-order valence-electron chi connectivity index (χ0n) is 13.9. The quantitative estimate of drug-likeness (QED) is 0.449. The average Bonchev–Trinajstić information content (AvgIpc) is 3.04. The summed E-state index contributed by atoms with van der Waals surface area (Å²) in [6, 6.07) is 19.8. The number of hydrogen-bond donors (Lipinski definition) is 1. The first-order chi connectivity index (χ1) is 12.6. The smallest absolute Gasteiger partial charge is 0.342 e. The molecule has 3 aromatic rings. The lowest BCUT2D eigenvalue weighted by molar-refractivity contribution is 0.0472. The minimum atomic E-state index is -0.719. The molecule has 1 N–H and O–H groups in total. The molecule has 0 aliphatic heterocycles. The number of ether oxygens (including phenoxy) is 1. The average molecular weight is 344 g/mol. The highest BCUT2D eigenvalue weighted by Crippen LogP contribution is 2.36. The van der Waals surface area contributed by atoms with Crippen LogP contribution in [-0.2, 0) is 11.2 Å². The van der Waals surface area contributed by atoms with E-state index in [-0.39, 0.29) is 23.7 Å². The van der Waals surface area contributed by atoms with Crippen molar-refractivity contribution in [3.8, 4) is 16.9 Å². The Kier molecular flexibility index (Phi) is 4.01. The summed E-state index contributed by atoms with van der Waals surface area (Å²) >= 11 is 0. The van der Waals surface area contributed by atoms with E-state index in [4.69, 9.17) is 4.74 Å². The molecule has 128 valence electrons. The summed E-state index contributed by atoms with van der Waals surface area (Å²) in [4.78, 5) is 24.5. The van der Waals surface area contributed by atoms with E-state index < -0.39 is 5.97 Å². The van der Waals surface area contributed by atoms with E-state index in [1.165, 1.54) is 23.3 Å². The third kappa shape index (κ3) is 2.86. The van der Waals surface area contributed by atoms with Gasteiger partial charge in [0.2, 0.25) is 0 Å². The summed E-state index contributed by atoms with van der Waals surface area (Å²) in [5.41, 5.74) is 5.18. The summed E-state index contributed by atoms with van der Waals surface area (Å²) in [5.74, 6) is -1.16. The van der Waals surface area contributed by atoms with Crippen molar-refractivity contribution in [3.05, 3.63) is 89.0 Å². The zero-order chi connectivity index (χ0) is 18.1. The van der Waals surface area contributed by atoms with E-state index in [9.17, 15) is 14.7 Å². The van der Waals surface area contributed by atoms with Gasteiger partial charge in [-0.1, -0.05) is 48.5 Å². The van der Waals surface area contributed by atoms with Gasteiger partial charge in [-0.05, 0) is 46.9 Å². The molecule has 26 heavy (non-hydrogen) atoms. The lowest BCUT2D eigenvalue weighted by atomic mass is 10.0. The van der Waals surface area contributed by atoms with Gasteiger partial charge in [-0.3, -0.25) is 4.79 Å². The van der Waals surface area contributed by atoms with Gasteiger partial charge >= 0.3 is 5.97 Å². The van der Waals surface area contributed by atoms with Gasteiger partial charge in [0.1, 0.15) is 11.3 Å². The van der Waals surface area contributed by atoms with Gasteiger partial charge < -0.3 is 9.84 Å². The molecule has 0 bridgehead atoms. The van der Waals surface area contributed by atoms with E-state index in [1.807, 2.05) is 30.3 Å². The van der Waals surface area contributed by atoms with Gasteiger partial charge in [0.15, 0.2) is 12.4 Å². The molecule has 1 aliphatic carbocycles. The number of aromatic hydroxyl groups is 1. The van der Waals surface area contributed by atoms with Crippen LogP contribution in [0.5, 0.6) is 5.75 Å². The van der Waals surface area contributed by atoms with Crippen molar-refractivity contribution >= 4 is 11.8 Å². The Hall–Kier alpha value is -3.40. The fourth-order valence-electron chi connectivity index (χ4n) is 3.24. The van der Waals surface area contributed by atoms with E-state index in [0.29, 0.717) is 5.56 Å². The number of phenolic OH excluding ortho intramolecular Hbond substituents is 1. The fourth-order valence-corrected chi connectivity index (χ4v) is 3.24. The van der Waals surface area contributed by atoms with Gasteiger partial charge in [0.25, 0.3) is 0 Å². The van der Waals surface area contributed by atoms with Crippen LogP contribution in [0.2, 0.25) is 0 Å². The largest absolute Gasteiger partial charge is 0.507 e. The number of ketones is 1. The van der Waals surface area contributed by atoms with Crippen molar-refractivity contribution in [2.45, 2.75) is 6.42 Å². The monoisotopic (exact) mass is 344 g/mol. The predicted octanol–water partition coefficient (Wildman–Crippen LogP) is 4.00. The highest BCUT2D eigenvalue weighted by atomic mass is 16.5. The maximum atomic E-state index is 12.4. The Morgan fingerprint density at radius 1 is 0.885 bits per heavy atom. The second-order valence-electron chi connectivity index (χ2n) is 6.22. The minimum absolute atomic E-state index is 0.0446. The van der Waals surface area contributed by atoms with Crippen molar-refractivity contribution in [1.82, 2.24) is 0 Å². The van der Waals surface area contributed by atoms with Crippen LogP contribution >= 0.6 is 0 Å². The van der Waals surface area contributed by atoms with Crippen molar-refractivity contribution in [2.24, 2.45) is 0 Å². The van der Waals surface area contributed by atoms with Gasteiger partial charge in [0.05, 0.1) is 0 Å². The first-order valence-electron chi connectivity index (χ1n) is 8.33. The molecule has 0 unspecified atom stereocenters. The highest BCUT2D eigenvalue weighted by Gasteiger charge is 2.20. The first-order valence-corrected chi connectivity index (χ1v) is 8.33. The Bertz CT molecular complexity index is 1020. The molecule has 0 saturated heterocycles. The molecule has 0 aromatic heterocycles. The molecule has 0 heterocycles. The van der Waals surface area contributed by atoms with Crippen LogP contribution < -0.4 is 0 Å². The second-order valence-corrected chi connectivity index (χ2v) is 6.22. The van der Waals surface area contributed by atoms with Crippen LogP contribution in [0.15, 0.2) is 66.7 Å². The molecule has 3 aromatic carbocycles. The van der Waals surface area contributed by atoms with Crippen molar-refractivity contribution in [3.63, 3.8) is 0 Å². The molecule has 1 aliphatic rings. The van der Waals surface area contributed by atoms with Crippen molar-refractivity contribution in [1.29, 1.82) is 0 Å². The number of carbonyl (C=O) groups excluding carboxylic acids is 2. The number of carbonyl (C=O) groups is 2. The normalized spacial score (nSPS) is 11.5. The van der Waals surface area contributed by atoms with Crippen LogP contribution in [0.4, 0.5) is 0 Å². The summed E-state index contributed by atoms with van der Waals surface area (Å²) < 4.78 is 5.07. The number of phenols is 1. The first kappa shape index (κ1) is 16.1.